The van der Waals surface area contributed by atoms with Crippen LogP contribution in [0.3, 0.4) is 0 Å². The summed E-state index contributed by atoms with van der Waals surface area (Å²) in [6, 6.07) is 7.40. The van der Waals surface area contributed by atoms with E-state index >= 15 is 0 Å². The Hall–Kier alpha value is -2.74. The van der Waals surface area contributed by atoms with Gasteiger partial charge >= 0.3 is 5.97 Å². The van der Waals surface area contributed by atoms with Crippen LogP contribution < -0.4 is 10.6 Å². The monoisotopic (exact) mass is 377 g/mol. The lowest BCUT2D eigenvalue weighted by molar-refractivity contribution is -0.137. The average molecular weight is 377 g/mol. The van der Waals surface area contributed by atoms with Crippen molar-refractivity contribution in [2.45, 2.75) is 19.8 Å². The van der Waals surface area contributed by atoms with Crippen LogP contribution in [0.1, 0.15) is 18.9 Å². The van der Waals surface area contributed by atoms with E-state index in [2.05, 4.69) is 15.4 Å². The van der Waals surface area contributed by atoms with Crippen molar-refractivity contribution in [1.29, 1.82) is 0 Å². The van der Waals surface area contributed by atoms with Crippen LogP contribution >= 0.6 is 12.2 Å². The average Bonchev–Trinajstić information content (AvgIpc) is 2.58. The molecular weight excluding hydrogens is 354 g/mol. The number of nitrogens with one attached hydrogen (secondary N) is 2. The normalized spacial score (nSPS) is 10.3. The number of amides is 2. The Labute approximate surface area is 158 Å². The van der Waals surface area contributed by atoms with Gasteiger partial charge in [0.15, 0.2) is 5.11 Å². The van der Waals surface area contributed by atoms with Gasteiger partial charge in [0.05, 0.1) is 6.61 Å². The molecule has 0 atom stereocenters. The van der Waals surface area contributed by atoms with Gasteiger partial charge in [-0.15, -0.1) is 0 Å². The van der Waals surface area contributed by atoms with E-state index in [1.165, 1.54) is 0 Å². The van der Waals surface area contributed by atoms with E-state index in [0.29, 0.717) is 18.5 Å². The Morgan fingerprint density at radius 1 is 1.23 bits per heavy atom. The van der Waals surface area contributed by atoms with Gasteiger partial charge in [0.25, 0.3) is 0 Å². The molecule has 0 unspecified atom stereocenters. The Morgan fingerprint density at radius 2 is 1.96 bits per heavy atom. The Bertz CT molecular complexity index is 701. The molecule has 0 saturated heterocycles. The van der Waals surface area contributed by atoms with Gasteiger partial charge in [-0.25, -0.2) is 4.79 Å². The first kappa shape index (κ1) is 21.3. The summed E-state index contributed by atoms with van der Waals surface area (Å²) in [5, 5.41) is 5.43. The fourth-order valence-electron chi connectivity index (χ4n) is 1.93. The summed E-state index contributed by atoms with van der Waals surface area (Å²) in [6.07, 6.45) is 3.10. The third-order valence-electron chi connectivity index (χ3n) is 3.21. The summed E-state index contributed by atoms with van der Waals surface area (Å²) < 4.78 is 4.68. The molecule has 1 aromatic rings. The number of benzene rings is 1. The molecule has 2 amide bonds. The summed E-state index contributed by atoms with van der Waals surface area (Å²) in [4.78, 5) is 36.0. The van der Waals surface area contributed by atoms with Crippen molar-refractivity contribution in [3.63, 3.8) is 0 Å². The summed E-state index contributed by atoms with van der Waals surface area (Å²) in [5.41, 5.74) is 1.67. The van der Waals surface area contributed by atoms with E-state index in [0.717, 1.165) is 17.7 Å². The van der Waals surface area contributed by atoms with Gasteiger partial charge in [-0.3, -0.25) is 14.9 Å². The summed E-state index contributed by atoms with van der Waals surface area (Å²) in [6.45, 7) is 1.91. The molecule has 140 valence electrons. The largest absolute Gasteiger partial charge is 0.463 e. The van der Waals surface area contributed by atoms with Gasteiger partial charge < -0.3 is 15.0 Å². The zero-order valence-electron chi connectivity index (χ0n) is 15.1. The van der Waals surface area contributed by atoms with Crippen LogP contribution in [0.4, 0.5) is 5.69 Å². The summed E-state index contributed by atoms with van der Waals surface area (Å²) in [5.74, 6) is -1.08. The Kier molecular flexibility index (Phi) is 9.00. The van der Waals surface area contributed by atoms with Crippen LogP contribution in [0.15, 0.2) is 36.4 Å². The zero-order valence-corrected chi connectivity index (χ0v) is 15.9. The van der Waals surface area contributed by atoms with E-state index in [9.17, 15) is 14.4 Å². The molecule has 0 bridgehead atoms. The molecule has 0 saturated carbocycles. The van der Waals surface area contributed by atoms with Crippen molar-refractivity contribution >= 4 is 40.8 Å². The number of esters is 1. The van der Waals surface area contributed by atoms with E-state index in [1.807, 2.05) is 18.2 Å². The lowest BCUT2D eigenvalue weighted by Crippen LogP contribution is -2.33. The first-order valence-corrected chi connectivity index (χ1v) is 8.48. The van der Waals surface area contributed by atoms with Gasteiger partial charge in [-0.1, -0.05) is 12.1 Å². The molecule has 0 radical (unpaired) electrons. The molecule has 0 spiro atoms. The van der Waals surface area contributed by atoms with Crippen molar-refractivity contribution in [3.05, 3.63) is 42.0 Å². The highest BCUT2D eigenvalue weighted by Gasteiger charge is 2.06. The quantitative estimate of drug-likeness (QED) is 0.427. The maximum atomic E-state index is 11.7. The predicted molar refractivity (Wildman–Crippen MR) is 104 cm³/mol. The third kappa shape index (κ3) is 8.39. The number of anilines is 1. The molecule has 0 aliphatic rings. The van der Waals surface area contributed by atoms with Gasteiger partial charge in [-0.05, 0) is 43.3 Å². The van der Waals surface area contributed by atoms with E-state index < -0.39 is 11.9 Å². The highest BCUT2D eigenvalue weighted by atomic mass is 32.1. The van der Waals surface area contributed by atoms with Gasteiger partial charge in [0, 0.05) is 38.4 Å². The highest BCUT2D eigenvalue weighted by Crippen LogP contribution is 2.12. The molecule has 2 N–H and O–H groups in total. The molecular formula is C18H23N3O4S. The van der Waals surface area contributed by atoms with Gasteiger partial charge in [-0.2, -0.15) is 0 Å². The Morgan fingerprint density at radius 3 is 2.62 bits per heavy atom. The van der Waals surface area contributed by atoms with Crippen LogP contribution in [0.25, 0.3) is 0 Å². The second-order valence-electron chi connectivity index (χ2n) is 5.52. The molecule has 0 aliphatic carbocycles. The van der Waals surface area contributed by atoms with Crippen molar-refractivity contribution in [2.75, 3.05) is 26.0 Å². The number of nitrogens with zero attached hydrogens (tertiary/aromatic N) is 1. The Balaban J connectivity index is 2.54. The van der Waals surface area contributed by atoms with Crippen LogP contribution in [0.2, 0.25) is 0 Å². The molecule has 0 heterocycles. The number of carbonyl (C=O) groups excluding carboxylic acids is 3. The maximum absolute atomic E-state index is 11.7. The topological polar surface area (TPSA) is 87.7 Å². The first-order chi connectivity index (χ1) is 12.3. The number of aryl methyl sites for hydroxylation is 1. The van der Waals surface area contributed by atoms with Crippen molar-refractivity contribution < 1.29 is 19.1 Å². The van der Waals surface area contributed by atoms with Crippen molar-refractivity contribution in [2.24, 2.45) is 0 Å². The van der Waals surface area contributed by atoms with Crippen molar-refractivity contribution in [3.8, 4) is 0 Å². The molecule has 8 heteroatoms. The van der Waals surface area contributed by atoms with E-state index in [4.69, 9.17) is 12.2 Å². The lowest BCUT2D eigenvalue weighted by Gasteiger charge is -2.11. The van der Waals surface area contributed by atoms with Crippen molar-refractivity contribution in [1.82, 2.24) is 10.2 Å². The van der Waals surface area contributed by atoms with Gasteiger partial charge in [0.1, 0.15) is 0 Å². The molecule has 0 fully saturated rings. The number of hydrogen-bond acceptors (Lipinski definition) is 5. The molecule has 1 aromatic carbocycles. The summed E-state index contributed by atoms with van der Waals surface area (Å²) in [7, 11) is 3.44. The standard InChI is InChI=1S/C18H23N3O4S/c1-4-25-17(24)11-9-15(22)20-18(26)19-14-7-5-6-13(12-14)8-10-16(23)21(2)3/h5-7,9,11-12H,4,8,10H2,1-3H3,(H2,19,20,22,26)/b11-9+. The number of ether oxygens (including phenoxy) is 1. The number of thiocarbonyl (C=S) groups is 1. The smallest absolute Gasteiger partial charge is 0.330 e. The minimum Gasteiger partial charge on any atom is -0.463 e. The predicted octanol–water partition coefficient (Wildman–Crippen LogP) is 1.64. The minimum atomic E-state index is -0.596. The van der Waals surface area contributed by atoms with Crippen LogP contribution in [0.5, 0.6) is 0 Å². The SMILES string of the molecule is CCOC(=O)/C=C/C(=O)NC(=S)Nc1cccc(CCC(=O)N(C)C)c1. The van der Waals surface area contributed by atoms with Crippen LogP contribution in [-0.2, 0) is 25.5 Å². The first-order valence-electron chi connectivity index (χ1n) is 8.07. The zero-order chi connectivity index (χ0) is 19.5. The minimum absolute atomic E-state index is 0.0551. The maximum Gasteiger partial charge on any atom is 0.330 e. The molecule has 1 rings (SSSR count). The van der Waals surface area contributed by atoms with E-state index in [1.54, 1.807) is 32.0 Å². The number of hydrogen-bond donors (Lipinski definition) is 2. The fraction of sp³-hybridized carbons (Fsp3) is 0.333. The number of carbonyl (C=O) groups is 3. The molecule has 0 aliphatic heterocycles. The third-order valence-corrected chi connectivity index (χ3v) is 3.41. The lowest BCUT2D eigenvalue weighted by atomic mass is 10.1. The van der Waals surface area contributed by atoms with Crippen LogP contribution in [0, 0.1) is 0 Å². The van der Waals surface area contributed by atoms with Crippen LogP contribution in [-0.4, -0.2) is 48.5 Å². The van der Waals surface area contributed by atoms with Gasteiger partial charge in [0.2, 0.25) is 11.8 Å². The molecule has 7 nitrogen and oxygen atoms in total. The number of rotatable bonds is 7. The molecule has 0 aromatic heterocycles. The highest BCUT2D eigenvalue weighted by molar-refractivity contribution is 7.80. The molecule has 26 heavy (non-hydrogen) atoms. The van der Waals surface area contributed by atoms with E-state index in [-0.39, 0.29) is 17.6 Å². The summed E-state index contributed by atoms with van der Waals surface area (Å²) >= 11 is 5.07. The fourth-order valence-corrected chi connectivity index (χ4v) is 2.15. The second-order valence-corrected chi connectivity index (χ2v) is 5.93. The second kappa shape index (κ2) is 11.0.